The molecule has 1 aromatic heterocycles. The standard InChI is InChI=1S/C13H14ClN3O/c1-10(11-3-5-12(14)6-4-11)16(2)13(18)17-8-7-15-9-17/h3-10H,1-2H3. The number of aromatic nitrogens is 2. The Morgan fingerprint density at radius 1 is 1.39 bits per heavy atom. The predicted octanol–water partition coefficient (Wildman–Crippen LogP) is 3.20. The Kier molecular flexibility index (Phi) is 3.67. The van der Waals surface area contributed by atoms with Gasteiger partial charge in [0.15, 0.2) is 0 Å². The average Bonchev–Trinajstić information content (AvgIpc) is 2.91. The van der Waals surface area contributed by atoms with Crippen LogP contribution in [0.2, 0.25) is 5.02 Å². The van der Waals surface area contributed by atoms with Crippen LogP contribution in [0.25, 0.3) is 0 Å². The van der Waals surface area contributed by atoms with Crippen LogP contribution in [0.3, 0.4) is 0 Å². The van der Waals surface area contributed by atoms with E-state index < -0.39 is 0 Å². The molecule has 0 saturated heterocycles. The lowest BCUT2D eigenvalue weighted by atomic mass is 10.1. The molecule has 0 fully saturated rings. The summed E-state index contributed by atoms with van der Waals surface area (Å²) in [6.07, 6.45) is 4.71. The normalized spacial score (nSPS) is 12.2. The summed E-state index contributed by atoms with van der Waals surface area (Å²) >= 11 is 5.85. The highest BCUT2D eigenvalue weighted by atomic mass is 35.5. The van der Waals surface area contributed by atoms with Crippen molar-refractivity contribution in [2.24, 2.45) is 0 Å². The first-order valence-electron chi connectivity index (χ1n) is 5.60. The first-order valence-corrected chi connectivity index (χ1v) is 5.98. The van der Waals surface area contributed by atoms with E-state index in [-0.39, 0.29) is 12.1 Å². The lowest BCUT2D eigenvalue weighted by Crippen LogP contribution is -2.32. The zero-order valence-corrected chi connectivity index (χ0v) is 11.0. The molecule has 1 unspecified atom stereocenters. The Labute approximate surface area is 111 Å². The lowest BCUT2D eigenvalue weighted by Gasteiger charge is -2.25. The van der Waals surface area contributed by atoms with Gasteiger partial charge < -0.3 is 4.90 Å². The third kappa shape index (κ3) is 2.54. The minimum atomic E-state index is -0.116. The maximum Gasteiger partial charge on any atom is 0.329 e. The first kappa shape index (κ1) is 12.6. The van der Waals surface area contributed by atoms with Crippen LogP contribution in [0.4, 0.5) is 4.79 Å². The monoisotopic (exact) mass is 263 g/mol. The van der Waals surface area contributed by atoms with Crippen molar-refractivity contribution in [1.82, 2.24) is 14.5 Å². The van der Waals surface area contributed by atoms with E-state index in [0.717, 1.165) is 5.56 Å². The van der Waals surface area contributed by atoms with Crippen molar-refractivity contribution >= 4 is 17.6 Å². The SMILES string of the molecule is CC(c1ccc(Cl)cc1)N(C)C(=O)n1ccnc1. The van der Waals surface area contributed by atoms with E-state index in [1.165, 1.54) is 10.9 Å². The third-order valence-electron chi connectivity index (χ3n) is 2.96. The number of imidazole rings is 1. The molecule has 0 spiro atoms. The summed E-state index contributed by atoms with van der Waals surface area (Å²) in [5, 5.41) is 0.689. The van der Waals surface area contributed by atoms with Gasteiger partial charge in [0.05, 0.1) is 6.04 Å². The molecule has 0 aliphatic carbocycles. The molecule has 18 heavy (non-hydrogen) atoms. The van der Waals surface area contributed by atoms with Crippen LogP contribution >= 0.6 is 11.6 Å². The molecule has 0 aliphatic rings. The van der Waals surface area contributed by atoms with Gasteiger partial charge in [0.25, 0.3) is 0 Å². The lowest BCUT2D eigenvalue weighted by molar-refractivity contribution is 0.196. The van der Waals surface area contributed by atoms with Crippen molar-refractivity contribution in [2.45, 2.75) is 13.0 Å². The summed E-state index contributed by atoms with van der Waals surface area (Å²) < 4.78 is 1.45. The maximum absolute atomic E-state index is 12.1. The van der Waals surface area contributed by atoms with Crippen molar-refractivity contribution < 1.29 is 4.79 Å². The van der Waals surface area contributed by atoms with E-state index in [4.69, 9.17) is 11.6 Å². The molecule has 0 saturated carbocycles. The summed E-state index contributed by atoms with van der Waals surface area (Å²) in [5.74, 6) is 0. The van der Waals surface area contributed by atoms with Crippen molar-refractivity contribution in [3.63, 3.8) is 0 Å². The van der Waals surface area contributed by atoms with Gasteiger partial charge in [-0.3, -0.25) is 4.57 Å². The molecule has 0 bridgehead atoms. The summed E-state index contributed by atoms with van der Waals surface area (Å²) in [7, 11) is 1.77. The Morgan fingerprint density at radius 3 is 2.61 bits per heavy atom. The molecule has 94 valence electrons. The molecular weight excluding hydrogens is 250 g/mol. The van der Waals surface area contributed by atoms with Gasteiger partial charge >= 0.3 is 6.03 Å². The van der Waals surface area contributed by atoms with Gasteiger partial charge in [-0.15, -0.1) is 0 Å². The van der Waals surface area contributed by atoms with Crippen molar-refractivity contribution in [2.75, 3.05) is 7.05 Å². The van der Waals surface area contributed by atoms with Gasteiger partial charge in [0.1, 0.15) is 6.33 Å². The molecule has 0 N–H and O–H groups in total. The highest BCUT2D eigenvalue weighted by Crippen LogP contribution is 2.21. The van der Waals surface area contributed by atoms with Crippen LogP contribution in [0.5, 0.6) is 0 Å². The number of hydrogen-bond donors (Lipinski definition) is 0. The Balaban J connectivity index is 2.16. The van der Waals surface area contributed by atoms with Crippen LogP contribution in [0, 0.1) is 0 Å². The number of rotatable bonds is 2. The number of carbonyl (C=O) groups excluding carboxylic acids is 1. The minimum absolute atomic E-state index is 0.0304. The Hall–Kier alpha value is -1.81. The number of benzene rings is 1. The number of nitrogens with zero attached hydrogens (tertiary/aromatic N) is 3. The molecule has 1 atom stereocenters. The quantitative estimate of drug-likeness (QED) is 0.835. The van der Waals surface area contributed by atoms with Crippen molar-refractivity contribution in [3.8, 4) is 0 Å². The van der Waals surface area contributed by atoms with Gasteiger partial charge in [-0.25, -0.2) is 9.78 Å². The van der Waals surface area contributed by atoms with Gasteiger partial charge in [0, 0.05) is 24.5 Å². The minimum Gasteiger partial charge on any atom is -0.320 e. The van der Waals surface area contributed by atoms with Crippen LogP contribution < -0.4 is 0 Å². The summed E-state index contributed by atoms with van der Waals surface area (Å²) in [6.45, 7) is 1.97. The van der Waals surface area contributed by atoms with Crippen LogP contribution in [0.1, 0.15) is 18.5 Å². The molecule has 1 aromatic carbocycles. The number of carbonyl (C=O) groups is 1. The third-order valence-corrected chi connectivity index (χ3v) is 3.21. The number of hydrogen-bond acceptors (Lipinski definition) is 2. The Morgan fingerprint density at radius 2 is 2.06 bits per heavy atom. The highest BCUT2D eigenvalue weighted by molar-refractivity contribution is 6.30. The molecule has 1 heterocycles. The average molecular weight is 264 g/mol. The summed E-state index contributed by atoms with van der Waals surface area (Å²) in [6, 6.07) is 7.34. The highest BCUT2D eigenvalue weighted by Gasteiger charge is 2.18. The van der Waals surface area contributed by atoms with Crippen molar-refractivity contribution in [3.05, 3.63) is 53.6 Å². The van der Waals surface area contributed by atoms with Crippen LogP contribution in [-0.4, -0.2) is 27.5 Å². The number of halogens is 1. The van der Waals surface area contributed by atoms with Crippen LogP contribution in [0.15, 0.2) is 43.0 Å². The second-order valence-electron chi connectivity index (χ2n) is 4.09. The first-order chi connectivity index (χ1) is 8.59. The van der Waals surface area contributed by atoms with Gasteiger partial charge in [0.2, 0.25) is 0 Å². The largest absolute Gasteiger partial charge is 0.329 e. The molecular formula is C13H14ClN3O. The van der Waals surface area contributed by atoms with Gasteiger partial charge in [-0.05, 0) is 24.6 Å². The molecule has 2 rings (SSSR count). The number of amides is 1. The topological polar surface area (TPSA) is 38.1 Å². The molecule has 0 aliphatic heterocycles. The van der Waals surface area contributed by atoms with Gasteiger partial charge in [-0.1, -0.05) is 23.7 Å². The van der Waals surface area contributed by atoms with E-state index in [1.807, 2.05) is 31.2 Å². The second kappa shape index (κ2) is 5.23. The molecule has 0 radical (unpaired) electrons. The fourth-order valence-electron chi connectivity index (χ4n) is 1.68. The zero-order chi connectivity index (χ0) is 13.1. The zero-order valence-electron chi connectivity index (χ0n) is 10.2. The van der Waals surface area contributed by atoms with E-state index >= 15 is 0 Å². The Bertz CT molecular complexity index is 522. The van der Waals surface area contributed by atoms with Crippen molar-refractivity contribution in [1.29, 1.82) is 0 Å². The molecule has 1 amide bonds. The van der Waals surface area contributed by atoms with E-state index in [2.05, 4.69) is 4.98 Å². The predicted molar refractivity (Wildman–Crippen MR) is 70.7 cm³/mol. The molecule has 2 aromatic rings. The fraction of sp³-hybridized carbons (Fsp3) is 0.231. The summed E-state index contributed by atoms with van der Waals surface area (Å²) in [5.41, 5.74) is 1.04. The van der Waals surface area contributed by atoms with E-state index in [0.29, 0.717) is 5.02 Å². The summed E-state index contributed by atoms with van der Waals surface area (Å²) in [4.78, 5) is 17.6. The molecule has 4 nitrogen and oxygen atoms in total. The smallest absolute Gasteiger partial charge is 0.320 e. The van der Waals surface area contributed by atoms with E-state index in [9.17, 15) is 4.79 Å². The fourth-order valence-corrected chi connectivity index (χ4v) is 1.81. The van der Waals surface area contributed by atoms with E-state index in [1.54, 1.807) is 24.3 Å². The van der Waals surface area contributed by atoms with Crippen LogP contribution in [-0.2, 0) is 0 Å². The maximum atomic E-state index is 12.1. The molecule has 5 heteroatoms. The second-order valence-corrected chi connectivity index (χ2v) is 4.53. The van der Waals surface area contributed by atoms with Gasteiger partial charge in [-0.2, -0.15) is 0 Å².